The number of rotatable bonds is 12. The number of methoxy groups -OCH3 is 1. The smallest absolute Gasteiger partial charge is 0.309 e. The van der Waals surface area contributed by atoms with Crippen LogP contribution in [-0.4, -0.2) is 182 Å². The van der Waals surface area contributed by atoms with Gasteiger partial charge < -0.3 is 72.5 Å². The summed E-state index contributed by atoms with van der Waals surface area (Å²) < 4.78 is 56.3. The predicted molar refractivity (Wildman–Crippen MR) is 226 cm³/mol. The third-order valence-corrected chi connectivity index (χ3v) is 12.7. The molecule has 62 heavy (non-hydrogen) atoms. The molecule has 0 bridgehead atoms. The van der Waals surface area contributed by atoms with Crippen LogP contribution in [0.4, 0.5) is 0 Å². The second-order valence-electron chi connectivity index (χ2n) is 18.4. The molecule has 356 valence electrons. The normalized spacial score (nSPS) is 44.0. The molecule has 17 nitrogen and oxygen atoms in total. The van der Waals surface area contributed by atoms with Gasteiger partial charge in [-0.15, -0.1) is 0 Å². The van der Waals surface area contributed by atoms with E-state index in [4.69, 9.17) is 42.6 Å². The molecule has 3 saturated heterocycles. The average Bonchev–Trinajstić information content (AvgIpc) is 3.16. The van der Waals surface area contributed by atoms with Gasteiger partial charge in [0.25, 0.3) is 0 Å². The molecule has 0 aromatic heterocycles. The molecule has 0 aromatic carbocycles. The number of cyclic esters (lactones) is 1. The largest absolute Gasteiger partial charge is 0.462 e. The Morgan fingerprint density at radius 3 is 2.19 bits per heavy atom. The number of aliphatic hydroxyl groups excluding tert-OH is 2. The first-order valence-electron chi connectivity index (χ1n) is 22.2. The summed E-state index contributed by atoms with van der Waals surface area (Å²) >= 11 is 0. The standard InChI is InChI=1S/C45H76N2O15/c1-25-22-31(20-21-48)41(62-44-39(51)38(47(10)11)40(28(4)58-44)61-37-24-45(7,53)43(52)29(5)57-37)42(54-12)34(59-30(6)49)23-35(50)55-26(2)16-14-13-15-17-33(25)60-36-19-18-32(46(8)9)27(3)56-36/h13-15,17,21,25-29,31-34,36-44,51-53H,16,18-20,22-24H2,1-12H3/b14-13+,17-15+/t25-,26-,27?,28?,29?,31?,32?,33+,34?,36?,37?,38?,39?,40?,41+,42+,43?,44?,45?/m1/s1. The van der Waals surface area contributed by atoms with Crippen molar-refractivity contribution in [2.24, 2.45) is 11.8 Å². The van der Waals surface area contributed by atoms with E-state index in [-0.39, 0.29) is 37.3 Å². The quantitative estimate of drug-likeness (QED) is 0.191. The van der Waals surface area contributed by atoms with Gasteiger partial charge in [-0.1, -0.05) is 31.2 Å². The Balaban J connectivity index is 1.73. The number of ether oxygens (including phenoxy) is 9. The highest BCUT2D eigenvalue weighted by atomic mass is 16.7. The number of nitrogens with zero attached hydrogens (tertiary/aromatic N) is 2. The molecule has 4 aliphatic rings. The number of esters is 2. The van der Waals surface area contributed by atoms with Crippen LogP contribution in [0.3, 0.4) is 0 Å². The van der Waals surface area contributed by atoms with E-state index in [1.807, 2.05) is 52.2 Å². The Kier molecular flexibility index (Phi) is 20.0. The van der Waals surface area contributed by atoms with Crippen LogP contribution in [0.5, 0.6) is 0 Å². The van der Waals surface area contributed by atoms with Gasteiger partial charge in [0, 0.05) is 39.3 Å². The van der Waals surface area contributed by atoms with Crippen LogP contribution in [-0.2, 0) is 57.0 Å². The molecule has 19 atom stereocenters. The highest BCUT2D eigenvalue weighted by Crippen LogP contribution is 2.38. The zero-order valence-corrected chi connectivity index (χ0v) is 38.9. The van der Waals surface area contributed by atoms with E-state index >= 15 is 0 Å². The minimum Gasteiger partial charge on any atom is -0.462 e. The van der Waals surface area contributed by atoms with Gasteiger partial charge in [-0.2, -0.15) is 0 Å². The summed E-state index contributed by atoms with van der Waals surface area (Å²) in [6.07, 6.45) is -1.81. The van der Waals surface area contributed by atoms with Crippen molar-refractivity contribution in [3.63, 3.8) is 0 Å². The SMILES string of the molecule is CO[C@H]1C(OC(C)=O)CC(=O)O[C@H](C)C/C=C/C=C/[C@H](OC2CCC(N(C)C)C(C)O2)[C@H](C)CC(CC=O)[C@@H]1OC1OC(C)C(OC2CC(C)(O)C(O)C(C)O2)C(N(C)C)C1O. The molecule has 0 aliphatic carbocycles. The number of hydrogen-bond donors (Lipinski definition) is 3. The number of aldehydes is 1. The molecular formula is C45H76N2O15. The summed E-state index contributed by atoms with van der Waals surface area (Å²) in [5.41, 5.74) is -1.49. The highest BCUT2D eigenvalue weighted by molar-refractivity contribution is 5.72. The molecule has 3 N–H and O–H groups in total. The Morgan fingerprint density at radius 1 is 0.903 bits per heavy atom. The summed E-state index contributed by atoms with van der Waals surface area (Å²) in [6.45, 7) is 12.0. The number of hydrogen-bond acceptors (Lipinski definition) is 17. The van der Waals surface area contributed by atoms with Crippen molar-refractivity contribution in [3.05, 3.63) is 24.3 Å². The summed E-state index contributed by atoms with van der Waals surface area (Å²) in [5, 5.41) is 33.6. The molecule has 0 spiro atoms. The number of allylic oxidation sites excluding steroid dienone is 2. The van der Waals surface area contributed by atoms with Crippen molar-refractivity contribution in [1.82, 2.24) is 9.80 Å². The Hall–Kier alpha value is -2.39. The topological polar surface area (TPSA) is 201 Å². The number of carbonyl (C=O) groups excluding carboxylic acids is 3. The molecule has 0 saturated carbocycles. The molecule has 4 rings (SSSR count). The van der Waals surface area contributed by atoms with Gasteiger partial charge in [-0.3, -0.25) is 9.59 Å². The Morgan fingerprint density at radius 2 is 1.60 bits per heavy atom. The molecule has 4 aliphatic heterocycles. The van der Waals surface area contributed by atoms with E-state index in [9.17, 15) is 29.7 Å². The molecule has 0 aromatic rings. The lowest BCUT2D eigenvalue weighted by Gasteiger charge is -2.50. The first-order chi connectivity index (χ1) is 29.2. The van der Waals surface area contributed by atoms with Gasteiger partial charge in [0.15, 0.2) is 18.9 Å². The molecule has 17 heteroatoms. The minimum atomic E-state index is -1.49. The fourth-order valence-corrected chi connectivity index (χ4v) is 9.40. The predicted octanol–water partition coefficient (Wildman–Crippen LogP) is 2.90. The van der Waals surface area contributed by atoms with Gasteiger partial charge in [-0.05, 0) is 93.9 Å². The molecule has 14 unspecified atom stereocenters. The van der Waals surface area contributed by atoms with Crippen LogP contribution in [0.15, 0.2) is 24.3 Å². The number of aliphatic hydroxyl groups is 3. The van der Waals surface area contributed by atoms with E-state index in [1.54, 1.807) is 39.8 Å². The minimum absolute atomic E-state index is 0.0293. The van der Waals surface area contributed by atoms with Crippen LogP contribution in [0.2, 0.25) is 0 Å². The van der Waals surface area contributed by atoms with Crippen LogP contribution < -0.4 is 0 Å². The zero-order valence-electron chi connectivity index (χ0n) is 38.9. The van der Waals surface area contributed by atoms with Gasteiger partial charge in [0.2, 0.25) is 0 Å². The molecule has 4 heterocycles. The first-order valence-corrected chi connectivity index (χ1v) is 22.2. The van der Waals surface area contributed by atoms with Crippen LogP contribution >= 0.6 is 0 Å². The fraction of sp³-hybridized carbons (Fsp3) is 0.844. The van der Waals surface area contributed by atoms with Crippen molar-refractivity contribution in [2.75, 3.05) is 35.3 Å². The van der Waals surface area contributed by atoms with Crippen molar-refractivity contribution in [3.8, 4) is 0 Å². The summed E-state index contributed by atoms with van der Waals surface area (Å²) in [5.74, 6) is -2.21. The van der Waals surface area contributed by atoms with Gasteiger partial charge in [0.05, 0.1) is 48.6 Å². The van der Waals surface area contributed by atoms with Crippen LogP contribution in [0.25, 0.3) is 0 Å². The van der Waals surface area contributed by atoms with Crippen LogP contribution in [0.1, 0.15) is 93.4 Å². The summed E-state index contributed by atoms with van der Waals surface area (Å²) in [7, 11) is 9.02. The maximum atomic E-state index is 13.4. The van der Waals surface area contributed by atoms with E-state index in [0.29, 0.717) is 19.3 Å². The maximum absolute atomic E-state index is 13.4. The van der Waals surface area contributed by atoms with Gasteiger partial charge >= 0.3 is 11.9 Å². The van der Waals surface area contributed by atoms with Crippen molar-refractivity contribution in [2.45, 2.75) is 197 Å². The van der Waals surface area contributed by atoms with E-state index < -0.39 is 109 Å². The third-order valence-electron chi connectivity index (χ3n) is 12.7. The van der Waals surface area contributed by atoms with Crippen LogP contribution in [0, 0.1) is 11.8 Å². The van der Waals surface area contributed by atoms with E-state index in [1.165, 1.54) is 21.0 Å². The summed E-state index contributed by atoms with van der Waals surface area (Å²) in [4.78, 5) is 42.7. The fourth-order valence-electron chi connectivity index (χ4n) is 9.40. The molecule has 0 amide bonds. The lowest BCUT2D eigenvalue weighted by atomic mass is 9.82. The van der Waals surface area contributed by atoms with E-state index in [2.05, 4.69) is 4.90 Å². The Labute approximate surface area is 368 Å². The average molecular weight is 885 g/mol. The number of carbonyl (C=O) groups is 3. The monoisotopic (exact) mass is 885 g/mol. The van der Waals surface area contributed by atoms with Crippen molar-refractivity contribution in [1.29, 1.82) is 0 Å². The highest BCUT2D eigenvalue weighted by Gasteiger charge is 2.52. The Bertz CT molecular complexity index is 1480. The lowest BCUT2D eigenvalue weighted by Crippen LogP contribution is -2.65. The second kappa shape index (κ2) is 23.7. The lowest BCUT2D eigenvalue weighted by molar-refractivity contribution is -0.344. The zero-order chi connectivity index (χ0) is 46.1. The molecule has 3 fully saturated rings. The van der Waals surface area contributed by atoms with Crippen molar-refractivity contribution >= 4 is 18.2 Å². The van der Waals surface area contributed by atoms with Gasteiger partial charge in [0.1, 0.15) is 42.9 Å². The molecular weight excluding hydrogens is 808 g/mol. The summed E-state index contributed by atoms with van der Waals surface area (Å²) in [6, 6.07) is -0.509. The third kappa shape index (κ3) is 14.1. The van der Waals surface area contributed by atoms with Gasteiger partial charge in [-0.25, -0.2) is 0 Å². The van der Waals surface area contributed by atoms with Crippen molar-refractivity contribution < 1.29 is 72.3 Å². The second-order valence-corrected chi connectivity index (χ2v) is 18.4. The molecule has 0 radical (unpaired) electrons. The van der Waals surface area contributed by atoms with E-state index in [0.717, 1.165) is 12.7 Å². The number of likely N-dealkylation sites (N-methyl/N-ethyl adjacent to an activating group) is 2. The first kappa shape index (κ1) is 52.2. The maximum Gasteiger partial charge on any atom is 0.309 e.